The van der Waals surface area contributed by atoms with Gasteiger partial charge in [0.05, 0.1) is 17.8 Å². The van der Waals surface area contributed by atoms with Gasteiger partial charge in [0.1, 0.15) is 0 Å². The standard InChI is InChI=1S/C32H34ClN5OS/c1-19-9-10-20(2)27(16-19)35-29(39)13-15-37-31(30(36-32(37)40)26-8-6-7-14-34-26)25-17-22(4)38(23(25)5)28-18-24(33)12-11-21(28)3/h6-12,14,16-18,30-31H,13,15H2,1-5H3,(H,35,39)(H,36,40)/t30-,31+/m1/s1. The van der Waals surface area contributed by atoms with Gasteiger partial charge in [0.25, 0.3) is 0 Å². The number of amides is 1. The minimum absolute atomic E-state index is 0.0449. The van der Waals surface area contributed by atoms with Crippen LogP contribution >= 0.6 is 23.8 Å². The van der Waals surface area contributed by atoms with Crippen LogP contribution in [0.2, 0.25) is 5.02 Å². The van der Waals surface area contributed by atoms with E-state index in [0.717, 1.165) is 50.7 Å². The van der Waals surface area contributed by atoms with Crippen molar-refractivity contribution in [2.45, 2.75) is 53.1 Å². The zero-order valence-electron chi connectivity index (χ0n) is 23.5. The van der Waals surface area contributed by atoms with E-state index in [0.29, 0.717) is 23.1 Å². The van der Waals surface area contributed by atoms with Gasteiger partial charge in [-0.1, -0.05) is 35.9 Å². The smallest absolute Gasteiger partial charge is 0.226 e. The fourth-order valence-corrected chi connectivity index (χ4v) is 6.07. The highest BCUT2D eigenvalue weighted by molar-refractivity contribution is 7.80. The highest BCUT2D eigenvalue weighted by atomic mass is 35.5. The Morgan fingerprint density at radius 2 is 1.80 bits per heavy atom. The van der Waals surface area contributed by atoms with Crippen LogP contribution in [0.3, 0.4) is 0 Å². The van der Waals surface area contributed by atoms with Crippen molar-refractivity contribution in [3.63, 3.8) is 0 Å². The molecule has 4 aromatic rings. The van der Waals surface area contributed by atoms with Crippen molar-refractivity contribution >= 4 is 40.5 Å². The minimum Gasteiger partial charge on any atom is -0.352 e. The minimum atomic E-state index is -0.162. The summed E-state index contributed by atoms with van der Waals surface area (Å²) in [5, 5.41) is 7.90. The number of aromatic nitrogens is 2. The number of nitrogens with zero attached hydrogens (tertiary/aromatic N) is 3. The van der Waals surface area contributed by atoms with E-state index < -0.39 is 0 Å². The summed E-state index contributed by atoms with van der Waals surface area (Å²) in [6.45, 7) is 10.8. The molecule has 40 heavy (non-hydrogen) atoms. The Morgan fingerprint density at radius 1 is 1.02 bits per heavy atom. The molecule has 3 heterocycles. The third-order valence-electron chi connectivity index (χ3n) is 7.65. The van der Waals surface area contributed by atoms with Crippen LogP contribution in [-0.2, 0) is 4.79 Å². The molecular formula is C32H34ClN5OS. The Morgan fingerprint density at radius 3 is 2.55 bits per heavy atom. The number of thiocarbonyl (C=S) groups is 1. The van der Waals surface area contributed by atoms with Crippen LogP contribution in [-0.4, -0.2) is 32.0 Å². The van der Waals surface area contributed by atoms with Gasteiger partial charge in [-0.05, 0) is 105 Å². The van der Waals surface area contributed by atoms with Crippen LogP contribution in [0, 0.1) is 34.6 Å². The fourth-order valence-electron chi connectivity index (χ4n) is 5.57. The number of anilines is 1. The molecule has 206 valence electrons. The van der Waals surface area contributed by atoms with Gasteiger partial charge in [0.2, 0.25) is 5.91 Å². The van der Waals surface area contributed by atoms with Gasteiger partial charge in [0.15, 0.2) is 5.11 Å². The number of pyridine rings is 1. The van der Waals surface area contributed by atoms with Crippen molar-refractivity contribution in [2.75, 3.05) is 11.9 Å². The molecule has 0 saturated carbocycles. The normalized spacial score (nSPS) is 16.8. The number of hydrogen-bond donors (Lipinski definition) is 2. The summed E-state index contributed by atoms with van der Waals surface area (Å²) >= 11 is 12.3. The van der Waals surface area contributed by atoms with E-state index in [1.165, 1.54) is 0 Å². The Labute approximate surface area is 246 Å². The van der Waals surface area contributed by atoms with Gasteiger partial charge in [-0.15, -0.1) is 0 Å². The summed E-state index contributed by atoms with van der Waals surface area (Å²) in [7, 11) is 0. The second kappa shape index (κ2) is 11.4. The molecule has 6 nitrogen and oxygen atoms in total. The molecule has 1 amide bonds. The first-order valence-corrected chi connectivity index (χ1v) is 14.2. The second-order valence-corrected chi connectivity index (χ2v) is 11.4. The molecule has 1 saturated heterocycles. The van der Waals surface area contributed by atoms with Gasteiger partial charge in [0, 0.05) is 46.9 Å². The monoisotopic (exact) mass is 571 g/mol. The molecular weight excluding hydrogens is 538 g/mol. The molecule has 0 radical (unpaired) electrons. The Kier molecular flexibility index (Phi) is 7.97. The molecule has 2 N–H and O–H groups in total. The molecule has 2 atom stereocenters. The third kappa shape index (κ3) is 5.49. The summed E-state index contributed by atoms with van der Waals surface area (Å²) in [4.78, 5) is 19.9. The van der Waals surface area contributed by atoms with Crippen molar-refractivity contribution in [2.24, 2.45) is 0 Å². The summed E-state index contributed by atoms with van der Waals surface area (Å²) in [5.74, 6) is -0.0449. The summed E-state index contributed by atoms with van der Waals surface area (Å²) < 4.78 is 2.25. The first kappa shape index (κ1) is 27.9. The Balaban J connectivity index is 1.49. The second-order valence-electron chi connectivity index (χ2n) is 10.5. The largest absolute Gasteiger partial charge is 0.352 e. The van der Waals surface area contributed by atoms with E-state index in [2.05, 4.69) is 51.9 Å². The lowest BCUT2D eigenvalue weighted by Gasteiger charge is -2.28. The number of nitrogens with one attached hydrogen (secondary N) is 2. The number of carbonyl (C=O) groups excluding carboxylic acids is 1. The Hall–Kier alpha value is -3.68. The van der Waals surface area contributed by atoms with Gasteiger partial charge in [-0.3, -0.25) is 9.78 Å². The molecule has 1 aliphatic heterocycles. The average Bonchev–Trinajstić information content (AvgIpc) is 3.41. The molecule has 0 aliphatic carbocycles. The van der Waals surface area contributed by atoms with Crippen LogP contribution in [0.4, 0.5) is 5.69 Å². The van der Waals surface area contributed by atoms with E-state index in [1.54, 1.807) is 6.20 Å². The average molecular weight is 572 g/mol. The molecule has 0 bridgehead atoms. The number of hydrogen-bond acceptors (Lipinski definition) is 3. The lowest BCUT2D eigenvalue weighted by atomic mass is 9.96. The van der Waals surface area contributed by atoms with E-state index in [9.17, 15) is 4.79 Å². The van der Waals surface area contributed by atoms with Gasteiger partial charge in [-0.25, -0.2) is 0 Å². The van der Waals surface area contributed by atoms with E-state index in [1.807, 2.05) is 68.4 Å². The molecule has 1 fully saturated rings. The predicted octanol–water partition coefficient (Wildman–Crippen LogP) is 7.07. The molecule has 2 aromatic carbocycles. The highest BCUT2D eigenvalue weighted by Gasteiger charge is 2.41. The summed E-state index contributed by atoms with van der Waals surface area (Å²) in [6, 6.07) is 19.9. The van der Waals surface area contributed by atoms with E-state index in [-0.39, 0.29) is 18.0 Å². The van der Waals surface area contributed by atoms with Crippen LogP contribution in [0.5, 0.6) is 0 Å². The first-order valence-electron chi connectivity index (χ1n) is 13.4. The predicted molar refractivity (Wildman–Crippen MR) is 166 cm³/mol. The molecule has 5 rings (SSSR count). The van der Waals surface area contributed by atoms with Crippen LogP contribution < -0.4 is 10.6 Å². The van der Waals surface area contributed by atoms with E-state index in [4.69, 9.17) is 23.8 Å². The van der Waals surface area contributed by atoms with Crippen molar-refractivity contribution in [3.05, 3.63) is 111 Å². The summed E-state index contributed by atoms with van der Waals surface area (Å²) in [6.07, 6.45) is 2.10. The molecule has 0 unspecified atom stereocenters. The number of aryl methyl sites for hydroxylation is 4. The fraction of sp³-hybridized carbons (Fsp3) is 0.281. The topological polar surface area (TPSA) is 62.2 Å². The number of rotatable bonds is 7. The zero-order valence-corrected chi connectivity index (χ0v) is 25.0. The lowest BCUT2D eigenvalue weighted by molar-refractivity contribution is -0.116. The quantitative estimate of drug-likeness (QED) is 0.232. The van der Waals surface area contributed by atoms with Crippen LogP contribution in [0.1, 0.15) is 57.8 Å². The van der Waals surface area contributed by atoms with Crippen LogP contribution in [0.15, 0.2) is 66.9 Å². The maximum absolute atomic E-state index is 13.1. The highest BCUT2D eigenvalue weighted by Crippen LogP contribution is 2.41. The zero-order chi connectivity index (χ0) is 28.6. The molecule has 2 aromatic heterocycles. The maximum Gasteiger partial charge on any atom is 0.226 e. The number of benzene rings is 2. The number of halogens is 1. The molecule has 0 spiro atoms. The van der Waals surface area contributed by atoms with Gasteiger partial charge >= 0.3 is 0 Å². The third-order valence-corrected chi connectivity index (χ3v) is 8.23. The van der Waals surface area contributed by atoms with Crippen LogP contribution in [0.25, 0.3) is 5.69 Å². The molecule has 8 heteroatoms. The number of carbonyl (C=O) groups is 1. The van der Waals surface area contributed by atoms with E-state index >= 15 is 0 Å². The van der Waals surface area contributed by atoms with Crippen molar-refractivity contribution in [3.8, 4) is 5.69 Å². The van der Waals surface area contributed by atoms with Gasteiger partial charge in [-0.2, -0.15) is 0 Å². The SMILES string of the molecule is Cc1ccc(C)c(NC(=O)CCN2C(=S)N[C@H](c3ccccn3)[C@@H]2c2cc(C)n(-c3cc(Cl)ccc3C)c2C)c1. The Bertz CT molecular complexity index is 1580. The van der Waals surface area contributed by atoms with Crippen molar-refractivity contribution < 1.29 is 4.79 Å². The lowest BCUT2D eigenvalue weighted by Crippen LogP contribution is -2.33. The van der Waals surface area contributed by atoms with Crippen molar-refractivity contribution in [1.29, 1.82) is 0 Å². The molecule has 1 aliphatic rings. The first-order chi connectivity index (χ1) is 19.1. The summed E-state index contributed by atoms with van der Waals surface area (Å²) in [5.41, 5.74) is 9.41. The van der Waals surface area contributed by atoms with Gasteiger partial charge < -0.3 is 20.1 Å². The maximum atomic E-state index is 13.1. The van der Waals surface area contributed by atoms with Crippen molar-refractivity contribution in [1.82, 2.24) is 19.8 Å².